The van der Waals surface area contributed by atoms with Crippen molar-refractivity contribution >= 4 is 5.76 Å². The molecule has 0 bridgehead atoms. The van der Waals surface area contributed by atoms with Gasteiger partial charge in [-0.05, 0) is 135 Å². The third-order valence-corrected chi connectivity index (χ3v) is 9.65. The van der Waals surface area contributed by atoms with Crippen LogP contribution in [-0.4, -0.2) is 10.2 Å². The normalized spacial score (nSPS) is 14.2. The van der Waals surface area contributed by atoms with E-state index in [0.717, 1.165) is 51.8 Å². The van der Waals surface area contributed by atoms with Crippen LogP contribution in [0.1, 0.15) is 112 Å². The van der Waals surface area contributed by atoms with Crippen LogP contribution >= 0.6 is 0 Å². The van der Waals surface area contributed by atoms with Crippen LogP contribution in [0, 0.1) is 19.8 Å². The minimum atomic E-state index is -1.51. The summed E-state index contributed by atoms with van der Waals surface area (Å²) in [5, 5.41) is 21.0. The molecule has 0 spiro atoms. The molecular formula is C42H50F2O2. The summed E-state index contributed by atoms with van der Waals surface area (Å²) in [5.74, 6) is 0.843. The summed E-state index contributed by atoms with van der Waals surface area (Å²) < 4.78 is 30.1. The smallest absolute Gasteiger partial charge is 0.130 e. The fourth-order valence-electron chi connectivity index (χ4n) is 6.34. The Morgan fingerprint density at radius 1 is 0.739 bits per heavy atom. The standard InChI is InChI=1S/C42H50F2O2/c1-25-19-33(22-35(20-25)42(9,10)44)29(5)26(2)11-12-27(3)38-24-34(41(7,8)43)15-17-37(38)39-23-32(14-18-40(39)46)36-16-13-31(30(6)45)21-28(36)4/h13-24,26-27,29,45-46H,6,11-12H2,1-5,7-10H3/t26-,27-,29-/m0/s1. The van der Waals surface area contributed by atoms with E-state index in [0.29, 0.717) is 28.2 Å². The van der Waals surface area contributed by atoms with Crippen LogP contribution in [0.15, 0.2) is 79.4 Å². The van der Waals surface area contributed by atoms with E-state index in [9.17, 15) is 14.6 Å². The highest BCUT2D eigenvalue weighted by Gasteiger charge is 2.25. The van der Waals surface area contributed by atoms with Crippen molar-refractivity contribution < 1.29 is 19.0 Å². The first-order chi connectivity index (χ1) is 21.4. The molecule has 3 atom stereocenters. The lowest BCUT2D eigenvalue weighted by atomic mass is 9.80. The number of rotatable bonds is 11. The summed E-state index contributed by atoms with van der Waals surface area (Å²) in [4.78, 5) is 0. The van der Waals surface area contributed by atoms with Gasteiger partial charge in [-0.1, -0.05) is 87.5 Å². The molecule has 0 heterocycles. The molecule has 2 N–H and O–H groups in total. The summed E-state index contributed by atoms with van der Waals surface area (Å²) in [6.07, 6.45) is 1.80. The largest absolute Gasteiger partial charge is 0.508 e. The molecule has 0 aliphatic rings. The number of aliphatic hydroxyl groups excluding tert-OH is 1. The quantitative estimate of drug-likeness (QED) is 0.163. The van der Waals surface area contributed by atoms with Gasteiger partial charge in [0.25, 0.3) is 0 Å². The van der Waals surface area contributed by atoms with Gasteiger partial charge in [-0.25, -0.2) is 8.78 Å². The van der Waals surface area contributed by atoms with Crippen LogP contribution in [0.2, 0.25) is 0 Å². The Morgan fingerprint density at radius 2 is 1.39 bits per heavy atom. The number of phenolic OH excluding ortho intramolecular Hbond substituents is 1. The van der Waals surface area contributed by atoms with Gasteiger partial charge in [0.05, 0.1) is 0 Å². The van der Waals surface area contributed by atoms with E-state index in [2.05, 4.69) is 33.4 Å². The third kappa shape index (κ3) is 7.89. The number of aliphatic hydroxyl groups is 1. The van der Waals surface area contributed by atoms with Crippen LogP contribution in [0.3, 0.4) is 0 Å². The topological polar surface area (TPSA) is 40.5 Å². The Labute approximate surface area is 274 Å². The zero-order chi connectivity index (χ0) is 34.1. The van der Waals surface area contributed by atoms with Gasteiger partial charge in [-0.2, -0.15) is 0 Å². The maximum atomic E-state index is 15.3. The maximum Gasteiger partial charge on any atom is 0.130 e. The molecule has 0 aromatic heterocycles. The molecule has 2 nitrogen and oxygen atoms in total. The molecule has 0 unspecified atom stereocenters. The lowest BCUT2D eigenvalue weighted by Crippen LogP contribution is -2.13. The number of phenols is 1. The maximum absolute atomic E-state index is 15.3. The highest BCUT2D eigenvalue weighted by atomic mass is 19.1. The van der Waals surface area contributed by atoms with E-state index in [4.69, 9.17) is 0 Å². The summed E-state index contributed by atoms with van der Waals surface area (Å²) >= 11 is 0. The molecule has 0 saturated carbocycles. The molecule has 0 fully saturated rings. The van der Waals surface area contributed by atoms with Crippen molar-refractivity contribution in [3.05, 3.63) is 118 Å². The van der Waals surface area contributed by atoms with Crippen molar-refractivity contribution in [3.8, 4) is 28.0 Å². The predicted molar refractivity (Wildman–Crippen MR) is 190 cm³/mol. The second kappa shape index (κ2) is 13.4. The lowest BCUT2D eigenvalue weighted by molar-refractivity contribution is 0.220. The molecule has 0 amide bonds. The zero-order valence-corrected chi connectivity index (χ0v) is 28.9. The van der Waals surface area contributed by atoms with Crippen molar-refractivity contribution in [2.45, 2.75) is 98.3 Å². The average Bonchev–Trinajstić information content (AvgIpc) is 2.98. The van der Waals surface area contributed by atoms with Crippen LogP contribution in [-0.2, 0) is 11.3 Å². The van der Waals surface area contributed by atoms with Gasteiger partial charge in [0.2, 0.25) is 0 Å². The van der Waals surface area contributed by atoms with Crippen LogP contribution in [0.25, 0.3) is 28.0 Å². The Balaban J connectivity index is 1.68. The van der Waals surface area contributed by atoms with Gasteiger partial charge < -0.3 is 10.2 Å². The average molecular weight is 625 g/mol. The van der Waals surface area contributed by atoms with E-state index >= 15 is 4.39 Å². The SMILES string of the molecule is C=C(O)c1ccc(-c2ccc(O)c(-c3ccc(C(C)(C)F)cc3[C@@H](C)CC[C@H](C)[C@H](C)c3cc(C)cc(C(C)(C)F)c3)c2)c(C)c1. The molecule has 0 saturated heterocycles. The number of hydrogen-bond acceptors (Lipinski definition) is 2. The Bertz CT molecular complexity index is 1720. The summed E-state index contributed by atoms with van der Waals surface area (Å²) in [6.45, 7) is 20.6. The van der Waals surface area contributed by atoms with Crippen molar-refractivity contribution in [1.29, 1.82) is 0 Å². The molecule has 244 valence electrons. The molecule has 0 radical (unpaired) electrons. The molecule has 4 heteroatoms. The predicted octanol–water partition coefficient (Wildman–Crippen LogP) is 12.6. The fourth-order valence-corrected chi connectivity index (χ4v) is 6.34. The first-order valence-corrected chi connectivity index (χ1v) is 16.3. The van der Waals surface area contributed by atoms with Gasteiger partial charge in [0.1, 0.15) is 22.8 Å². The minimum absolute atomic E-state index is 0.0200. The van der Waals surface area contributed by atoms with Crippen molar-refractivity contribution in [1.82, 2.24) is 0 Å². The molecule has 0 aliphatic heterocycles. The molecule has 4 aromatic carbocycles. The fraction of sp³-hybridized carbons (Fsp3) is 0.381. The number of halogens is 2. The van der Waals surface area contributed by atoms with Gasteiger partial charge in [-0.3, -0.25) is 0 Å². The monoisotopic (exact) mass is 624 g/mol. The van der Waals surface area contributed by atoms with Crippen molar-refractivity contribution in [3.63, 3.8) is 0 Å². The van der Waals surface area contributed by atoms with Crippen molar-refractivity contribution in [2.75, 3.05) is 0 Å². The third-order valence-electron chi connectivity index (χ3n) is 9.65. The molecule has 4 rings (SSSR count). The van der Waals surface area contributed by atoms with E-state index < -0.39 is 11.3 Å². The lowest BCUT2D eigenvalue weighted by Gasteiger charge is -2.26. The summed E-state index contributed by atoms with van der Waals surface area (Å²) in [7, 11) is 0. The van der Waals surface area contributed by atoms with Crippen LogP contribution < -0.4 is 0 Å². The van der Waals surface area contributed by atoms with E-state index in [1.807, 2.05) is 74.5 Å². The van der Waals surface area contributed by atoms with E-state index in [1.165, 1.54) is 0 Å². The van der Waals surface area contributed by atoms with Crippen molar-refractivity contribution in [2.24, 2.45) is 5.92 Å². The molecule has 0 aliphatic carbocycles. The zero-order valence-electron chi connectivity index (χ0n) is 28.9. The minimum Gasteiger partial charge on any atom is -0.508 e. The Hall–Kier alpha value is -3.92. The van der Waals surface area contributed by atoms with E-state index in [1.54, 1.807) is 33.8 Å². The number of aryl methyl sites for hydroxylation is 2. The number of hydrogen-bond donors (Lipinski definition) is 2. The Kier molecular flexibility index (Phi) is 10.2. The molecule has 4 aromatic rings. The first-order valence-electron chi connectivity index (χ1n) is 16.3. The highest BCUT2D eigenvalue weighted by Crippen LogP contribution is 2.42. The van der Waals surface area contributed by atoms with E-state index in [-0.39, 0.29) is 23.3 Å². The Morgan fingerprint density at radius 3 is 2.00 bits per heavy atom. The van der Waals surface area contributed by atoms with Gasteiger partial charge in [-0.15, -0.1) is 0 Å². The van der Waals surface area contributed by atoms with Gasteiger partial charge >= 0.3 is 0 Å². The number of aromatic hydroxyl groups is 1. The summed E-state index contributed by atoms with van der Waals surface area (Å²) in [5.41, 5.74) is 6.75. The van der Waals surface area contributed by atoms with Crippen LogP contribution in [0.4, 0.5) is 8.78 Å². The second-order valence-electron chi connectivity index (χ2n) is 14.3. The number of alkyl halides is 2. The second-order valence-corrected chi connectivity index (χ2v) is 14.3. The molecular weight excluding hydrogens is 574 g/mol. The number of benzene rings is 4. The summed E-state index contributed by atoms with van der Waals surface area (Å²) in [6, 6.07) is 23.1. The van der Waals surface area contributed by atoms with Gasteiger partial charge in [0.15, 0.2) is 0 Å². The van der Waals surface area contributed by atoms with Gasteiger partial charge in [0, 0.05) is 11.1 Å². The van der Waals surface area contributed by atoms with Crippen LogP contribution in [0.5, 0.6) is 5.75 Å². The highest BCUT2D eigenvalue weighted by molar-refractivity contribution is 5.81. The molecule has 46 heavy (non-hydrogen) atoms. The first kappa shape index (κ1) is 34.9.